The van der Waals surface area contributed by atoms with Crippen molar-refractivity contribution in [3.05, 3.63) is 34.0 Å². The summed E-state index contributed by atoms with van der Waals surface area (Å²) < 4.78 is 41.1. The van der Waals surface area contributed by atoms with Gasteiger partial charge < -0.3 is 10.6 Å². The molecule has 3 aromatic rings. The van der Waals surface area contributed by atoms with Crippen molar-refractivity contribution in [3.63, 3.8) is 0 Å². The third-order valence-corrected chi connectivity index (χ3v) is 6.60. The highest BCUT2D eigenvalue weighted by Crippen LogP contribution is 2.44. The molecule has 0 saturated carbocycles. The number of hydrogen-bond acceptors (Lipinski definition) is 5. The minimum Gasteiger partial charge on any atom is -0.397 e. The zero-order chi connectivity index (χ0) is 19.2. The van der Waals surface area contributed by atoms with Crippen LogP contribution >= 0.6 is 22.7 Å². The lowest BCUT2D eigenvalue weighted by molar-refractivity contribution is -0.136. The lowest BCUT2D eigenvalue weighted by Gasteiger charge is -2.26. The van der Waals surface area contributed by atoms with Crippen LogP contribution in [-0.4, -0.2) is 28.9 Å². The van der Waals surface area contributed by atoms with Gasteiger partial charge in [-0.05, 0) is 36.8 Å². The number of aromatic nitrogens is 1. The second-order valence-corrected chi connectivity index (χ2v) is 8.35. The van der Waals surface area contributed by atoms with E-state index < -0.39 is 11.7 Å². The van der Waals surface area contributed by atoms with Crippen LogP contribution in [0.4, 0.5) is 18.9 Å². The first-order chi connectivity index (χ1) is 12.9. The van der Waals surface area contributed by atoms with Gasteiger partial charge in [-0.2, -0.15) is 13.2 Å². The monoisotopic (exact) mass is 411 g/mol. The van der Waals surface area contributed by atoms with Crippen LogP contribution in [0.2, 0.25) is 0 Å². The number of alkyl halides is 3. The van der Waals surface area contributed by atoms with E-state index in [1.165, 1.54) is 11.3 Å². The fourth-order valence-electron chi connectivity index (χ4n) is 3.29. The van der Waals surface area contributed by atoms with Gasteiger partial charge in [-0.15, -0.1) is 22.7 Å². The number of rotatable bonds is 2. The third kappa shape index (κ3) is 3.29. The Hall–Kier alpha value is -2.13. The highest BCUT2D eigenvalue weighted by Gasteiger charge is 2.37. The summed E-state index contributed by atoms with van der Waals surface area (Å²) >= 11 is 2.26. The number of pyridine rings is 1. The van der Waals surface area contributed by atoms with Crippen LogP contribution in [0.15, 0.2) is 23.6 Å². The first-order valence-corrected chi connectivity index (χ1v) is 10.2. The smallest absolute Gasteiger partial charge is 0.397 e. The quantitative estimate of drug-likeness (QED) is 0.626. The molecule has 3 aromatic heterocycles. The molecule has 27 heavy (non-hydrogen) atoms. The molecular formula is C18H16F3N3OS2. The van der Waals surface area contributed by atoms with Crippen molar-refractivity contribution in [2.24, 2.45) is 0 Å². The van der Waals surface area contributed by atoms with Gasteiger partial charge in [0.25, 0.3) is 5.91 Å². The molecule has 0 aliphatic carbocycles. The summed E-state index contributed by atoms with van der Waals surface area (Å²) in [4.78, 5) is 19.8. The second kappa shape index (κ2) is 6.79. The van der Waals surface area contributed by atoms with Crippen molar-refractivity contribution in [2.75, 3.05) is 18.8 Å². The van der Waals surface area contributed by atoms with Crippen molar-refractivity contribution in [3.8, 4) is 10.6 Å². The molecule has 4 heterocycles. The lowest BCUT2D eigenvalue weighted by atomic mass is 10.1. The van der Waals surface area contributed by atoms with E-state index in [0.717, 1.165) is 36.7 Å². The molecule has 142 valence electrons. The molecule has 1 saturated heterocycles. The zero-order valence-electron chi connectivity index (χ0n) is 14.2. The van der Waals surface area contributed by atoms with Crippen LogP contribution in [-0.2, 0) is 6.18 Å². The lowest BCUT2D eigenvalue weighted by Crippen LogP contribution is -2.35. The number of halogens is 3. The fraction of sp³-hybridized carbons (Fsp3) is 0.333. The standard InChI is InChI=1S/C18H16F3N3OS2/c19-18(20,21)10-9-11(12-5-4-8-26-12)23-16-13(10)14(22)15(27-16)17(25)24-6-2-1-3-7-24/h4-5,8-9H,1-3,6-7,22H2. The Kier molecular flexibility index (Phi) is 4.59. The number of nitrogens with two attached hydrogens (primary N) is 1. The van der Waals surface area contributed by atoms with Crippen LogP contribution < -0.4 is 5.73 Å². The van der Waals surface area contributed by atoms with Crippen LogP contribution in [0.25, 0.3) is 20.8 Å². The van der Waals surface area contributed by atoms with E-state index in [0.29, 0.717) is 18.0 Å². The summed E-state index contributed by atoms with van der Waals surface area (Å²) in [6.45, 7) is 1.21. The average molecular weight is 411 g/mol. The molecule has 0 atom stereocenters. The maximum atomic E-state index is 13.7. The number of fused-ring (bicyclic) bond motifs is 1. The molecule has 1 fully saturated rings. The Balaban J connectivity index is 1.88. The third-order valence-electron chi connectivity index (χ3n) is 4.62. The van der Waals surface area contributed by atoms with E-state index in [-0.39, 0.29) is 32.4 Å². The van der Waals surface area contributed by atoms with Gasteiger partial charge in [0, 0.05) is 18.5 Å². The van der Waals surface area contributed by atoms with Gasteiger partial charge in [-0.3, -0.25) is 4.79 Å². The molecule has 1 amide bonds. The van der Waals surface area contributed by atoms with Gasteiger partial charge in [-0.25, -0.2) is 4.98 Å². The minimum atomic E-state index is -4.59. The SMILES string of the molecule is Nc1c(C(=O)N2CCCCC2)sc2nc(-c3cccs3)cc(C(F)(F)F)c12. The second-order valence-electron chi connectivity index (χ2n) is 6.41. The first kappa shape index (κ1) is 18.2. The summed E-state index contributed by atoms with van der Waals surface area (Å²) in [6, 6.07) is 4.50. The minimum absolute atomic E-state index is 0.122. The number of hydrogen-bond donors (Lipinski definition) is 1. The molecule has 2 N–H and O–H groups in total. The normalized spacial score (nSPS) is 15.4. The van der Waals surface area contributed by atoms with Crippen molar-refractivity contribution in [2.45, 2.75) is 25.4 Å². The molecule has 0 spiro atoms. The molecule has 0 bridgehead atoms. The topological polar surface area (TPSA) is 59.2 Å². The van der Waals surface area contributed by atoms with E-state index in [2.05, 4.69) is 4.98 Å². The Bertz CT molecular complexity index is 990. The van der Waals surface area contributed by atoms with Gasteiger partial charge in [0.15, 0.2) is 0 Å². The summed E-state index contributed by atoms with van der Waals surface area (Å²) in [5, 5.41) is 1.61. The molecule has 0 radical (unpaired) electrons. The molecule has 4 nitrogen and oxygen atoms in total. The molecule has 1 aliphatic rings. The van der Waals surface area contributed by atoms with Gasteiger partial charge in [0.05, 0.1) is 21.8 Å². The van der Waals surface area contributed by atoms with Gasteiger partial charge in [-0.1, -0.05) is 6.07 Å². The van der Waals surface area contributed by atoms with Gasteiger partial charge >= 0.3 is 6.18 Å². The summed E-state index contributed by atoms with van der Waals surface area (Å²) in [5.74, 6) is -0.305. The van der Waals surface area contributed by atoms with Crippen LogP contribution in [0.5, 0.6) is 0 Å². The van der Waals surface area contributed by atoms with E-state index in [1.54, 1.807) is 22.4 Å². The Labute approximate surface area is 161 Å². The molecule has 0 aromatic carbocycles. The van der Waals surface area contributed by atoms with E-state index >= 15 is 0 Å². The zero-order valence-corrected chi connectivity index (χ0v) is 15.8. The number of carbonyl (C=O) groups excluding carboxylic acids is 1. The number of carbonyl (C=O) groups is 1. The molecule has 4 rings (SSSR count). The van der Waals surface area contributed by atoms with E-state index in [1.807, 2.05) is 0 Å². The summed E-state index contributed by atoms with van der Waals surface area (Å²) in [6.07, 6.45) is -1.75. The van der Waals surface area contributed by atoms with Crippen molar-refractivity contribution >= 4 is 44.5 Å². The molecule has 0 unspecified atom stereocenters. The highest BCUT2D eigenvalue weighted by atomic mass is 32.1. The Morgan fingerprint density at radius 2 is 1.96 bits per heavy atom. The number of anilines is 1. The van der Waals surface area contributed by atoms with Gasteiger partial charge in [0.1, 0.15) is 9.71 Å². The maximum Gasteiger partial charge on any atom is 0.417 e. The number of thiophene rings is 2. The predicted molar refractivity (Wildman–Crippen MR) is 102 cm³/mol. The average Bonchev–Trinajstić information content (AvgIpc) is 3.29. The van der Waals surface area contributed by atoms with Gasteiger partial charge in [0.2, 0.25) is 0 Å². The van der Waals surface area contributed by atoms with E-state index in [9.17, 15) is 18.0 Å². The number of amides is 1. The van der Waals surface area contributed by atoms with E-state index in [4.69, 9.17) is 5.73 Å². The fourth-order valence-corrected chi connectivity index (χ4v) is 5.07. The highest BCUT2D eigenvalue weighted by molar-refractivity contribution is 7.21. The number of nitrogens with zero attached hydrogens (tertiary/aromatic N) is 2. The summed E-state index contributed by atoms with van der Waals surface area (Å²) in [5.41, 5.74) is 5.31. The molecule has 9 heteroatoms. The first-order valence-electron chi connectivity index (χ1n) is 8.49. The van der Waals surface area contributed by atoms with Crippen molar-refractivity contribution < 1.29 is 18.0 Å². The Morgan fingerprint density at radius 1 is 1.22 bits per heavy atom. The maximum absolute atomic E-state index is 13.7. The van der Waals surface area contributed by atoms with Crippen LogP contribution in [0, 0.1) is 0 Å². The van der Waals surface area contributed by atoms with Crippen LogP contribution in [0.3, 0.4) is 0 Å². The Morgan fingerprint density at radius 3 is 2.59 bits per heavy atom. The number of likely N-dealkylation sites (tertiary alicyclic amines) is 1. The largest absolute Gasteiger partial charge is 0.417 e. The van der Waals surface area contributed by atoms with Crippen molar-refractivity contribution in [1.29, 1.82) is 0 Å². The number of nitrogen functional groups attached to an aromatic ring is 1. The molecular weight excluding hydrogens is 395 g/mol. The predicted octanol–water partition coefficient (Wildman–Crippen LogP) is 5.25. The van der Waals surface area contributed by atoms with Crippen LogP contribution in [0.1, 0.15) is 34.5 Å². The van der Waals surface area contributed by atoms with Crippen molar-refractivity contribution in [1.82, 2.24) is 9.88 Å². The molecule has 1 aliphatic heterocycles. The number of piperidine rings is 1. The summed E-state index contributed by atoms with van der Waals surface area (Å²) in [7, 11) is 0.